The molecule has 0 saturated carbocycles. The largest absolute Gasteiger partial charge is 0.373 e. The van der Waals surface area contributed by atoms with Gasteiger partial charge in [-0.2, -0.15) is 0 Å². The van der Waals surface area contributed by atoms with E-state index in [4.69, 9.17) is 0 Å². The standard InChI is InChI=1S/C15H13IN4O/c1-17-14-11(6-10-4-2-3-5-13(10)19-14)8-20-9-18-7-12(16)15(20)21/h2-7,9H,8H2,1H3,(H,17,19). The van der Waals surface area contributed by atoms with Crippen molar-refractivity contribution in [2.24, 2.45) is 0 Å². The van der Waals surface area contributed by atoms with Crippen molar-refractivity contribution in [3.05, 3.63) is 62.3 Å². The molecule has 1 aromatic carbocycles. The number of para-hydroxylation sites is 1. The van der Waals surface area contributed by atoms with Crippen molar-refractivity contribution in [2.75, 3.05) is 12.4 Å². The van der Waals surface area contributed by atoms with Crippen molar-refractivity contribution in [1.82, 2.24) is 14.5 Å². The number of benzene rings is 1. The third-order valence-electron chi connectivity index (χ3n) is 3.24. The van der Waals surface area contributed by atoms with E-state index in [9.17, 15) is 4.79 Å². The highest BCUT2D eigenvalue weighted by molar-refractivity contribution is 14.1. The summed E-state index contributed by atoms with van der Waals surface area (Å²) in [6, 6.07) is 9.98. The molecule has 2 heterocycles. The minimum atomic E-state index is -0.0409. The zero-order chi connectivity index (χ0) is 14.8. The molecule has 0 atom stereocenters. The van der Waals surface area contributed by atoms with Crippen LogP contribution in [0.2, 0.25) is 0 Å². The Morgan fingerprint density at radius 3 is 2.95 bits per heavy atom. The van der Waals surface area contributed by atoms with Gasteiger partial charge in [-0.1, -0.05) is 18.2 Å². The summed E-state index contributed by atoms with van der Waals surface area (Å²) in [5.74, 6) is 0.777. The molecule has 0 unspecified atom stereocenters. The van der Waals surface area contributed by atoms with Crippen molar-refractivity contribution in [3.8, 4) is 0 Å². The minimum Gasteiger partial charge on any atom is -0.373 e. The lowest BCUT2D eigenvalue weighted by Crippen LogP contribution is -2.23. The van der Waals surface area contributed by atoms with Gasteiger partial charge in [0, 0.05) is 24.2 Å². The molecule has 0 aliphatic heterocycles. The predicted octanol–water partition coefficient (Wildman–Crippen LogP) is 2.49. The van der Waals surface area contributed by atoms with Gasteiger partial charge in [-0.15, -0.1) is 0 Å². The summed E-state index contributed by atoms with van der Waals surface area (Å²) in [7, 11) is 1.83. The second kappa shape index (κ2) is 5.80. The van der Waals surface area contributed by atoms with Gasteiger partial charge in [0.2, 0.25) is 0 Å². The van der Waals surface area contributed by atoms with E-state index in [0.717, 1.165) is 22.3 Å². The van der Waals surface area contributed by atoms with Crippen LogP contribution in [0.3, 0.4) is 0 Å². The average Bonchev–Trinajstić information content (AvgIpc) is 2.51. The zero-order valence-electron chi connectivity index (χ0n) is 11.4. The first-order chi connectivity index (χ1) is 10.2. The third-order valence-corrected chi connectivity index (χ3v) is 3.98. The highest BCUT2D eigenvalue weighted by Crippen LogP contribution is 2.20. The Bertz CT molecular complexity index is 860. The lowest BCUT2D eigenvalue weighted by Gasteiger charge is -2.11. The van der Waals surface area contributed by atoms with Crippen LogP contribution in [-0.2, 0) is 6.54 Å². The fraction of sp³-hybridized carbons (Fsp3) is 0.133. The fourth-order valence-electron chi connectivity index (χ4n) is 2.22. The lowest BCUT2D eigenvalue weighted by atomic mass is 10.1. The number of halogens is 1. The van der Waals surface area contributed by atoms with E-state index in [1.807, 2.05) is 53.9 Å². The summed E-state index contributed by atoms with van der Waals surface area (Å²) < 4.78 is 2.20. The zero-order valence-corrected chi connectivity index (χ0v) is 13.5. The fourth-order valence-corrected chi connectivity index (χ4v) is 2.69. The van der Waals surface area contributed by atoms with E-state index in [-0.39, 0.29) is 5.56 Å². The van der Waals surface area contributed by atoms with Crippen LogP contribution in [-0.4, -0.2) is 21.6 Å². The maximum Gasteiger partial charge on any atom is 0.267 e. The molecule has 1 N–H and O–H groups in total. The highest BCUT2D eigenvalue weighted by Gasteiger charge is 2.08. The molecule has 0 radical (unpaired) electrons. The van der Waals surface area contributed by atoms with Gasteiger partial charge in [0.1, 0.15) is 5.82 Å². The van der Waals surface area contributed by atoms with Crippen LogP contribution in [0.5, 0.6) is 0 Å². The van der Waals surface area contributed by atoms with E-state index in [1.54, 1.807) is 17.1 Å². The van der Waals surface area contributed by atoms with Crippen LogP contribution in [0.25, 0.3) is 10.9 Å². The van der Waals surface area contributed by atoms with Crippen molar-refractivity contribution in [3.63, 3.8) is 0 Å². The quantitative estimate of drug-likeness (QED) is 0.696. The number of pyridine rings is 1. The Morgan fingerprint density at radius 1 is 1.33 bits per heavy atom. The van der Waals surface area contributed by atoms with Crippen molar-refractivity contribution in [2.45, 2.75) is 6.54 Å². The molecule has 0 fully saturated rings. The summed E-state index contributed by atoms with van der Waals surface area (Å²) in [5.41, 5.74) is 1.85. The van der Waals surface area contributed by atoms with Crippen LogP contribution in [0.4, 0.5) is 5.82 Å². The van der Waals surface area contributed by atoms with Gasteiger partial charge in [0.05, 0.1) is 22.0 Å². The first-order valence-corrected chi connectivity index (χ1v) is 7.53. The van der Waals surface area contributed by atoms with E-state index in [0.29, 0.717) is 10.1 Å². The van der Waals surface area contributed by atoms with Gasteiger partial charge in [-0.05, 0) is 34.7 Å². The number of hydrogen-bond donors (Lipinski definition) is 1. The maximum atomic E-state index is 12.1. The molecule has 3 aromatic rings. The maximum absolute atomic E-state index is 12.1. The Labute approximate surface area is 135 Å². The molecular formula is C15H13IN4O. The van der Waals surface area contributed by atoms with Gasteiger partial charge < -0.3 is 5.32 Å². The molecule has 0 aliphatic carbocycles. The van der Waals surface area contributed by atoms with E-state index < -0.39 is 0 Å². The molecule has 106 valence electrons. The Hall–Kier alpha value is -1.96. The van der Waals surface area contributed by atoms with Crippen molar-refractivity contribution < 1.29 is 0 Å². The van der Waals surface area contributed by atoms with Crippen molar-refractivity contribution in [1.29, 1.82) is 0 Å². The molecule has 6 heteroatoms. The van der Waals surface area contributed by atoms with Crippen molar-refractivity contribution >= 4 is 39.3 Å². The molecule has 0 spiro atoms. The number of nitrogens with one attached hydrogen (secondary N) is 1. The highest BCUT2D eigenvalue weighted by atomic mass is 127. The van der Waals surface area contributed by atoms with E-state index >= 15 is 0 Å². The summed E-state index contributed by atoms with van der Waals surface area (Å²) in [4.78, 5) is 20.8. The first-order valence-electron chi connectivity index (χ1n) is 6.45. The summed E-state index contributed by atoms with van der Waals surface area (Å²) in [6.45, 7) is 0.441. The average molecular weight is 392 g/mol. The molecule has 3 rings (SSSR count). The molecule has 21 heavy (non-hydrogen) atoms. The number of rotatable bonds is 3. The molecular weight excluding hydrogens is 379 g/mol. The number of hydrogen-bond acceptors (Lipinski definition) is 4. The SMILES string of the molecule is CNc1nc2ccccc2cc1Cn1cncc(I)c1=O. The molecule has 5 nitrogen and oxygen atoms in total. The topological polar surface area (TPSA) is 59.8 Å². The third kappa shape index (κ3) is 2.76. The number of aromatic nitrogens is 3. The van der Waals surface area contributed by atoms with Gasteiger partial charge in [-0.25, -0.2) is 9.97 Å². The van der Waals surface area contributed by atoms with Crippen LogP contribution >= 0.6 is 22.6 Å². The van der Waals surface area contributed by atoms with Gasteiger partial charge in [0.25, 0.3) is 5.56 Å². The van der Waals surface area contributed by atoms with Gasteiger partial charge in [-0.3, -0.25) is 9.36 Å². The summed E-state index contributed by atoms with van der Waals surface area (Å²) in [6.07, 6.45) is 3.12. The molecule has 2 aromatic heterocycles. The normalized spacial score (nSPS) is 10.8. The van der Waals surface area contributed by atoms with E-state index in [2.05, 4.69) is 21.4 Å². The van der Waals surface area contributed by atoms with Crippen LogP contribution in [0.1, 0.15) is 5.56 Å². The van der Waals surface area contributed by atoms with Crippen LogP contribution in [0.15, 0.2) is 47.7 Å². The summed E-state index contributed by atoms with van der Waals surface area (Å²) >= 11 is 2.00. The molecule has 0 aliphatic rings. The minimum absolute atomic E-state index is 0.0409. The van der Waals surface area contributed by atoms with Crippen LogP contribution < -0.4 is 10.9 Å². The second-order valence-corrected chi connectivity index (χ2v) is 5.78. The Morgan fingerprint density at radius 2 is 2.14 bits per heavy atom. The Kier molecular flexibility index (Phi) is 3.87. The van der Waals surface area contributed by atoms with Crippen LogP contribution in [0, 0.1) is 3.57 Å². The first kappa shape index (κ1) is 14.0. The molecule has 0 bridgehead atoms. The van der Waals surface area contributed by atoms with E-state index in [1.165, 1.54) is 0 Å². The monoisotopic (exact) mass is 392 g/mol. The predicted molar refractivity (Wildman–Crippen MR) is 91.6 cm³/mol. The smallest absolute Gasteiger partial charge is 0.267 e. The molecule has 0 saturated heterocycles. The number of fused-ring (bicyclic) bond motifs is 1. The molecule has 0 amide bonds. The second-order valence-electron chi connectivity index (χ2n) is 4.61. The number of anilines is 1. The van der Waals surface area contributed by atoms with Gasteiger partial charge in [0.15, 0.2) is 0 Å². The van der Waals surface area contributed by atoms with Gasteiger partial charge >= 0.3 is 0 Å². The Balaban J connectivity index is 2.11. The lowest BCUT2D eigenvalue weighted by molar-refractivity contribution is 0.730. The summed E-state index contributed by atoms with van der Waals surface area (Å²) in [5, 5.41) is 4.15. The number of nitrogens with zero attached hydrogens (tertiary/aromatic N) is 3.